The zero-order valence-corrected chi connectivity index (χ0v) is 14.2. The van der Waals surface area contributed by atoms with E-state index < -0.39 is 0 Å². The first-order valence-corrected chi connectivity index (χ1v) is 8.94. The molecule has 1 aromatic rings. The van der Waals surface area contributed by atoms with Gasteiger partial charge >= 0.3 is 0 Å². The van der Waals surface area contributed by atoms with Gasteiger partial charge in [-0.25, -0.2) is 0 Å². The lowest BCUT2D eigenvalue weighted by molar-refractivity contribution is 0.179. The van der Waals surface area contributed by atoms with Crippen molar-refractivity contribution in [3.63, 3.8) is 0 Å². The lowest BCUT2D eigenvalue weighted by atomic mass is 9.71. The molecule has 21 heavy (non-hydrogen) atoms. The van der Waals surface area contributed by atoms with Crippen LogP contribution < -0.4 is 5.32 Å². The number of nitrogens with one attached hydrogen (secondary N) is 1. The molecule has 1 aromatic heterocycles. The smallest absolute Gasteiger partial charge is 0.0630 e. The van der Waals surface area contributed by atoms with Crippen molar-refractivity contribution < 1.29 is 0 Å². The first-order chi connectivity index (χ1) is 10.2. The first kappa shape index (κ1) is 16.5. The van der Waals surface area contributed by atoms with Gasteiger partial charge in [0.15, 0.2) is 0 Å². The molecular formula is C18H33N3. The summed E-state index contributed by atoms with van der Waals surface area (Å²) in [5.74, 6) is 0. The van der Waals surface area contributed by atoms with E-state index in [0.717, 1.165) is 25.9 Å². The predicted molar refractivity (Wildman–Crippen MR) is 89.6 cm³/mol. The standard InChI is InChI=1S/C18H33N3/c1-4-12-19-15-18(10-7-6-8-11-18)14-17-9-13-21(20-17)16(3)5-2/h9,13,16,19H,4-8,10-12,14-15H2,1-3H3. The Kier molecular flexibility index (Phi) is 6.28. The van der Waals surface area contributed by atoms with Crippen molar-refractivity contribution in [2.75, 3.05) is 13.1 Å². The molecule has 0 aliphatic heterocycles. The Balaban J connectivity index is 2.01. The Morgan fingerprint density at radius 3 is 2.71 bits per heavy atom. The van der Waals surface area contributed by atoms with Crippen LogP contribution in [-0.4, -0.2) is 22.9 Å². The van der Waals surface area contributed by atoms with E-state index in [1.165, 1.54) is 44.2 Å². The molecule has 2 rings (SSSR count). The summed E-state index contributed by atoms with van der Waals surface area (Å²) in [4.78, 5) is 0. The zero-order valence-electron chi connectivity index (χ0n) is 14.2. The summed E-state index contributed by atoms with van der Waals surface area (Å²) in [6.45, 7) is 9.02. The Hall–Kier alpha value is -0.830. The van der Waals surface area contributed by atoms with E-state index in [1.54, 1.807) is 0 Å². The molecule has 0 radical (unpaired) electrons. The van der Waals surface area contributed by atoms with E-state index in [4.69, 9.17) is 5.10 Å². The summed E-state index contributed by atoms with van der Waals surface area (Å²) >= 11 is 0. The number of aromatic nitrogens is 2. The van der Waals surface area contributed by atoms with Crippen LogP contribution in [0.5, 0.6) is 0 Å². The predicted octanol–water partition coefficient (Wildman–Crippen LogP) is 4.35. The number of rotatable bonds is 8. The molecule has 3 heteroatoms. The Bertz CT molecular complexity index is 404. The van der Waals surface area contributed by atoms with Crippen molar-refractivity contribution in [2.24, 2.45) is 5.41 Å². The highest BCUT2D eigenvalue weighted by atomic mass is 15.3. The van der Waals surface area contributed by atoms with E-state index in [9.17, 15) is 0 Å². The summed E-state index contributed by atoms with van der Waals surface area (Å²) < 4.78 is 2.14. The molecule has 1 saturated carbocycles. The van der Waals surface area contributed by atoms with Crippen molar-refractivity contribution in [1.82, 2.24) is 15.1 Å². The SMILES string of the molecule is CCCNCC1(Cc2ccn(C(C)CC)n2)CCCCC1. The van der Waals surface area contributed by atoms with Crippen molar-refractivity contribution in [3.05, 3.63) is 18.0 Å². The average molecular weight is 291 g/mol. The highest BCUT2D eigenvalue weighted by Gasteiger charge is 2.32. The fourth-order valence-corrected chi connectivity index (χ4v) is 3.54. The molecule has 1 N–H and O–H groups in total. The van der Waals surface area contributed by atoms with Crippen molar-refractivity contribution >= 4 is 0 Å². The van der Waals surface area contributed by atoms with Crippen LogP contribution in [-0.2, 0) is 6.42 Å². The van der Waals surface area contributed by atoms with Gasteiger partial charge in [0, 0.05) is 18.8 Å². The molecule has 120 valence electrons. The monoisotopic (exact) mass is 291 g/mol. The number of hydrogen-bond acceptors (Lipinski definition) is 2. The molecule has 1 fully saturated rings. The molecule has 1 aliphatic rings. The number of nitrogens with zero attached hydrogens (tertiary/aromatic N) is 2. The van der Waals surface area contributed by atoms with Crippen molar-refractivity contribution in [3.8, 4) is 0 Å². The molecule has 1 aliphatic carbocycles. The molecule has 0 spiro atoms. The number of hydrogen-bond donors (Lipinski definition) is 1. The third kappa shape index (κ3) is 4.57. The van der Waals surface area contributed by atoms with Crippen LogP contribution >= 0.6 is 0 Å². The largest absolute Gasteiger partial charge is 0.316 e. The maximum absolute atomic E-state index is 4.84. The Morgan fingerprint density at radius 2 is 2.05 bits per heavy atom. The van der Waals surface area contributed by atoms with Crippen molar-refractivity contribution in [1.29, 1.82) is 0 Å². The van der Waals surface area contributed by atoms with Crippen LogP contribution in [0.3, 0.4) is 0 Å². The van der Waals surface area contributed by atoms with Crippen LogP contribution in [0.25, 0.3) is 0 Å². The van der Waals surface area contributed by atoms with Gasteiger partial charge in [0.25, 0.3) is 0 Å². The summed E-state index contributed by atoms with van der Waals surface area (Å²) in [5, 5.41) is 8.51. The highest BCUT2D eigenvalue weighted by Crippen LogP contribution is 2.38. The van der Waals surface area contributed by atoms with E-state index in [-0.39, 0.29) is 0 Å². The lowest BCUT2D eigenvalue weighted by Gasteiger charge is -2.37. The van der Waals surface area contributed by atoms with Crippen LogP contribution in [0.1, 0.15) is 77.5 Å². The van der Waals surface area contributed by atoms with Gasteiger partial charge in [-0.15, -0.1) is 0 Å². The van der Waals surface area contributed by atoms with E-state index >= 15 is 0 Å². The molecule has 0 amide bonds. The van der Waals surface area contributed by atoms with E-state index in [0.29, 0.717) is 11.5 Å². The van der Waals surface area contributed by atoms with Gasteiger partial charge < -0.3 is 5.32 Å². The van der Waals surface area contributed by atoms with E-state index in [1.807, 2.05) is 0 Å². The Labute approximate surface area is 130 Å². The maximum atomic E-state index is 4.84. The fourth-order valence-electron chi connectivity index (χ4n) is 3.54. The molecule has 0 saturated heterocycles. The minimum Gasteiger partial charge on any atom is -0.316 e. The van der Waals surface area contributed by atoms with Gasteiger partial charge in [0.1, 0.15) is 0 Å². The maximum Gasteiger partial charge on any atom is 0.0630 e. The molecule has 0 aromatic carbocycles. The van der Waals surface area contributed by atoms with Gasteiger partial charge in [-0.1, -0.05) is 33.1 Å². The van der Waals surface area contributed by atoms with Gasteiger partial charge in [0.05, 0.1) is 5.69 Å². The quantitative estimate of drug-likeness (QED) is 0.722. The molecule has 1 unspecified atom stereocenters. The second kappa shape index (κ2) is 7.98. The third-order valence-corrected chi connectivity index (χ3v) is 5.10. The highest BCUT2D eigenvalue weighted by molar-refractivity contribution is 5.05. The van der Waals surface area contributed by atoms with Crippen LogP contribution in [0.2, 0.25) is 0 Å². The van der Waals surface area contributed by atoms with Gasteiger partial charge in [0.2, 0.25) is 0 Å². The summed E-state index contributed by atoms with van der Waals surface area (Å²) in [5.41, 5.74) is 1.73. The summed E-state index contributed by atoms with van der Waals surface area (Å²) in [6.07, 6.45) is 12.6. The minimum absolute atomic E-state index is 0.446. The van der Waals surface area contributed by atoms with Gasteiger partial charge in [-0.05, 0) is 57.1 Å². The van der Waals surface area contributed by atoms with Gasteiger partial charge in [-0.3, -0.25) is 4.68 Å². The topological polar surface area (TPSA) is 29.9 Å². The van der Waals surface area contributed by atoms with Crippen LogP contribution in [0.15, 0.2) is 12.3 Å². The normalized spacial score (nSPS) is 19.6. The van der Waals surface area contributed by atoms with Crippen molar-refractivity contribution in [2.45, 2.75) is 78.2 Å². The summed E-state index contributed by atoms with van der Waals surface area (Å²) in [6, 6.07) is 2.75. The molecular weight excluding hydrogens is 258 g/mol. The first-order valence-electron chi connectivity index (χ1n) is 8.94. The van der Waals surface area contributed by atoms with Crippen LogP contribution in [0, 0.1) is 5.41 Å². The molecule has 0 bridgehead atoms. The van der Waals surface area contributed by atoms with Gasteiger partial charge in [-0.2, -0.15) is 5.10 Å². The minimum atomic E-state index is 0.446. The third-order valence-electron chi connectivity index (χ3n) is 5.10. The van der Waals surface area contributed by atoms with E-state index in [2.05, 4.69) is 43.0 Å². The second-order valence-corrected chi connectivity index (χ2v) is 6.96. The molecule has 1 heterocycles. The second-order valence-electron chi connectivity index (χ2n) is 6.96. The average Bonchev–Trinajstić information content (AvgIpc) is 2.96. The van der Waals surface area contributed by atoms with Crippen LogP contribution in [0.4, 0.5) is 0 Å². The summed E-state index contributed by atoms with van der Waals surface area (Å²) in [7, 11) is 0. The lowest BCUT2D eigenvalue weighted by Crippen LogP contribution is -2.38. The molecule has 3 nitrogen and oxygen atoms in total. The Morgan fingerprint density at radius 1 is 1.29 bits per heavy atom. The molecule has 1 atom stereocenters. The zero-order chi connectivity index (χ0) is 15.1. The fraction of sp³-hybridized carbons (Fsp3) is 0.833.